The second-order valence-electron chi connectivity index (χ2n) is 3.85. The molecule has 2 nitrogen and oxygen atoms in total. The van der Waals surface area contributed by atoms with Crippen molar-refractivity contribution in [1.29, 1.82) is 0 Å². The van der Waals surface area contributed by atoms with E-state index in [4.69, 9.17) is 5.73 Å². The predicted molar refractivity (Wildman–Crippen MR) is 40.6 cm³/mol. The molecule has 0 bridgehead atoms. The van der Waals surface area contributed by atoms with E-state index in [1.54, 1.807) is 0 Å². The molecule has 1 aliphatic rings. The Labute approximate surface area is 61.8 Å². The van der Waals surface area contributed by atoms with Crippen molar-refractivity contribution in [3.05, 3.63) is 0 Å². The molecule has 10 heavy (non-hydrogen) atoms. The van der Waals surface area contributed by atoms with Gasteiger partial charge in [0.25, 0.3) is 0 Å². The number of ketones is 1. The lowest BCUT2D eigenvalue weighted by Crippen LogP contribution is -2.53. The van der Waals surface area contributed by atoms with Gasteiger partial charge in [-0.2, -0.15) is 0 Å². The molecule has 0 spiro atoms. The van der Waals surface area contributed by atoms with Crippen molar-refractivity contribution in [2.45, 2.75) is 38.6 Å². The van der Waals surface area contributed by atoms with Crippen LogP contribution in [0.1, 0.15) is 33.1 Å². The summed E-state index contributed by atoms with van der Waals surface area (Å²) in [5.41, 5.74) is 5.74. The summed E-state index contributed by atoms with van der Waals surface area (Å²) >= 11 is 0. The van der Waals surface area contributed by atoms with Gasteiger partial charge in [-0.25, -0.2) is 0 Å². The van der Waals surface area contributed by atoms with E-state index < -0.39 is 0 Å². The Bertz CT molecular complexity index is 143. The molecule has 0 heterocycles. The Morgan fingerprint density at radius 3 is 2.40 bits per heavy atom. The van der Waals surface area contributed by atoms with Crippen molar-refractivity contribution in [1.82, 2.24) is 0 Å². The number of rotatable bonds is 2. The number of Topliss-reactive ketones (excluding diaryl/α,β-unsaturated/α-hetero) is 1. The summed E-state index contributed by atoms with van der Waals surface area (Å²) < 4.78 is 0. The van der Waals surface area contributed by atoms with E-state index in [0.717, 1.165) is 6.42 Å². The van der Waals surface area contributed by atoms with Crippen LogP contribution in [-0.2, 0) is 4.79 Å². The maximum Gasteiger partial charge on any atom is 0.136 e. The summed E-state index contributed by atoms with van der Waals surface area (Å²) in [5.74, 6) is 0.932. The molecule has 0 aliphatic heterocycles. The first-order chi connectivity index (χ1) is 4.52. The summed E-state index contributed by atoms with van der Waals surface area (Å²) in [7, 11) is 0. The van der Waals surface area contributed by atoms with E-state index >= 15 is 0 Å². The highest BCUT2D eigenvalue weighted by atomic mass is 16.1. The maximum atomic E-state index is 10.6. The van der Waals surface area contributed by atoms with Gasteiger partial charge >= 0.3 is 0 Å². The molecular formula is C8H15NO. The average Bonchev–Trinajstić information content (AvgIpc) is 1.57. The lowest BCUT2D eigenvalue weighted by Gasteiger charge is -2.37. The fourth-order valence-electron chi connectivity index (χ4n) is 1.69. The maximum absolute atomic E-state index is 10.6. The molecule has 0 unspecified atom stereocenters. The quantitative estimate of drug-likeness (QED) is 0.625. The van der Waals surface area contributed by atoms with Crippen molar-refractivity contribution < 1.29 is 4.79 Å². The predicted octanol–water partition coefficient (Wildman–Crippen LogP) is 1.09. The highest BCUT2D eigenvalue weighted by Crippen LogP contribution is 2.31. The van der Waals surface area contributed by atoms with E-state index in [9.17, 15) is 4.79 Å². The Morgan fingerprint density at radius 2 is 2.10 bits per heavy atom. The summed E-state index contributed by atoms with van der Waals surface area (Å²) in [4.78, 5) is 10.6. The fraction of sp³-hybridized carbons (Fsp3) is 0.875. The van der Waals surface area contributed by atoms with Gasteiger partial charge in [-0.1, -0.05) is 13.8 Å². The van der Waals surface area contributed by atoms with E-state index in [-0.39, 0.29) is 5.54 Å². The van der Waals surface area contributed by atoms with Crippen molar-refractivity contribution in [3.63, 3.8) is 0 Å². The molecule has 1 aliphatic carbocycles. The first kappa shape index (κ1) is 7.73. The van der Waals surface area contributed by atoms with E-state index in [1.165, 1.54) is 0 Å². The highest BCUT2D eigenvalue weighted by molar-refractivity contribution is 5.87. The first-order valence-electron chi connectivity index (χ1n) is 3.82. The zero-order valence-electron chi connectivity index (χ0n) is 6.68. The third kappa shape index (κ3) is 1.57. The average molecular weight is 141 g/mol. The van der Waals surface area contributed by atoms with Crippen molar-refractivity contribution in [3.8, 4) is 0 Å². The van der Waals surface area contributed by atoms with E-state index in [2.05, 4.69) is 13.8 Å². The van der Waals surface area contributed by atoms with Crippen LogP contribution in [0.3, 0.4) is 0 Å². The second-order valence-corrected chi connectivity index (χ2v) is 3.85. The minimum absolute atomic E-state index is 0.134. The molecule has 2 N–H and O–H groups in total. The molecule has 1 rings (SSSR count). The highest BCUT2D eigenvalue weighted by Gasteiger charge is 2.39. The Kier molecular flexibility index (Phi) is 1.82. The number of carbonyl (C=O) groups is 1. The van der Waals surface area contributed by atoms with Gasteiger partial charge in [-0.3, -0.25) is 4.79 Å². The van der Waals surface area contributed by atoms with Gasteiger partial charge in [-0.05, 0) is 12.3 Å². The number of hydrogen-bond acceptors (Lipinski definition) is 2. The monoisotopic (exact) mass is 141 g/mol. The van der Waals surface area contributed by atoms with Crippen LogP contribution in [0.5, 0.6) is 0 Å². The molecule has 0 aromatic carbocycles. The molecule has 1 saturated carbocycles. The molecule has 0 radical (unpaired) electrons. The van der Waals surface area contributed by atoms with Gasteiger partial charge in [0.1, 0.15) is 5.78 Å². The molecule has 0 atom stereocenters. The summed E-state index contributed by atoms with van der Waals surface area (Å²) in [6.45, 7) is 4.27. The van der Waals surface area contributed by atoms with Crippen LogP contribution in [-0.4, -0.2) is 11.3 Å². The number of hydrogen-bond donors (Lipinski definition) is 1. The standard InChI is InChI=1S/C8H15NO/c1-6(2)3-8(9)4-7(10)5-8/h6H,3-5,9H2,1-2H3. The van der Waals surface area contributed by atoms with Crippen molar-refractivity contribution >= 4 is 5.78 Å². The van der Waals surface area contributed by atoms with Crippen LogP contribution < -0.4 is 5.73 Å². The normalized spacial score (nSPS) is 23.0. The Morgan fingerprint density at radius 1 is 1.60 bits per heavy atom. The van der Waals surface area contributed by atoms with Crippen LogP contribution in [0.15, 0.2) is 0 Å². The smallest absolute Gasteiger partial charge is 0.136 e. The minimum Gasteiger partial charge on any atom is -0.324 e. The topological polar surface area (TPSA) is 43.1 Å². The molecule has 2 heteroatoms. The largest absolute Gasteiger partial charge is 0.324 e. The lowest BCUT2D eigenvalue weighted by atomic mass is 9.72. The molecule has 0 saturated heterocycles. The number of carbonyl (C=O) groups excluding carboxylic acids is 1. The second kappa shape index (κ2) is 2.35. The van der Waals surface area contributed by atoms with Crippen molar-refractivity contribution in [2.24, 2.45) is 11.7 Å². The third-order valence-corrected chi connectivity index (χ3v) is 1.91. The Hall–Kier alpha value is -0.370. The van der Waals surface area contributed by atoms with Gasteiger partial charge in [0.15, 0.2) is 0 Å². The van der Waals surface area contributed by atoms with Gasteiger partial charge < -0.3 is 5.73 Å². The summed E-state index contributed by atoms with van der Waals surface area (Å²) in [6.07, 6.45) is 2.19. The third-order valence-electron chi connectivity index (χ3n) is 1.91. The zero-order valence-corrected chi connectivity index (χ0v) is 6.68. The minimum atomic E-state index is -0.134. The van der Waals surface area contributed by atoms with Crippen LogP contribution in [0.4, 0.5) is 0 Å². The lowest BCUT2D eigenvalue weighted by molar-refractivity contribution is -0.128. The van der Waals surface area contributed by atoms with Gasteiger partial charge in [0, 0.05) is 18.4 Å². The molecule has 0 aromatic rings. The number of nitrogens with two attached hydrogens (primary N) is 1. The van der Waals surface area contributed by atoms with Crippen LogP contribution in [0, 0.1) is 5.92 Å². The van der Waals surface area contributed by atoms with Crippen LogP contribution >= 0.6 is 0 Å². The zero-order chi connectivity index (χ0) is 7.78. The van der Waals surface area contributed by atoms with E-state index in [0.29, 0.717) is 24.5 Å². The van der Waals surface area contributed by atoms with Gasteiger partial charge in [-0.15, -0.1) is 0 Å². The molecule has 58 valence electrons. The first-order valence-corrected chi connectivity index (χ1v) is 3.82. The van der Waals surface area contributed by atoms with Crippen molar-refractivity contribution in [2.75, 3.05) is 0 Å². The van der Waals surface area contributed by atoms with Gasteiger partial charge in [0.05, 0.1) is 0 Å². The van der Waals surface area contributed by atoms with Crippen LogP contribution in [0.2, 0.25) is 0 Å². The molecule has 1 fully saturated rings. The SMILES string of the molecule is CC(C)CC1(N)CC(=O)C1. The molecule has 0 amide bonds. The molecule has 0 aromatic heterocycles. The summed E-state index contributed by atoms with van der Waals surface area (Å²) in [6, 6.07) is 0. The van der Waals surface area contributed by atoms with Gasteiger partial charge in [0.2, 0.25) is 0 Å². The van der Waals surface area contributed by atoms with Crippen LogP contribution in [0.25, 0.3) is 0 Å². The molecular weight excluding hydrogens is 126 g/mol. The Balaban J connectivity index is 2.34. The fourth-order valence-corrected chi connectivity index (χ4v) is 1.69. The van der Waals surface area contributed by atoms with E-state index in [1.807, 2.05) is 0 Å². The summed E-state index contributed by atoms with van der Waals surface area (Å²) in [5, 5.41) is 0.